The molecule has 0 aromatic heterocycles. The van der Waals surface area contributed by atoms with Gasteiger partial charge in [-0.1, -0.05) is 0 Å². The number of rotatable bonds is 2. The Bertz CT molecular complexity index is 245. The lowest BCUT2D eigenvalue weighted by Gasteiger charge is -2.32. The Balaban J connectivity index is 1.99. The van der Waals surface area contributed by atoms with E-state index in [2.05, 4.69) is 12.2 Å². The van der Waals surface area contributed by atoms with E-state index in [-0.39, 0.29) is 5.41 Å². The van der Waals surface area contributed by atoms with Crippen LogP contribution < -0.4 is 5.32 Å². The predicted molar refractivity (Wildman–Crippen MR) is 64.1 cm³/mol. The molecule has 2 heterocycles. The molecule has 0 aromatic carbocycles. The van der Waals surface area contributed by atoms with Crippen molar-refractivity contribution in [1.29, 1.82) is 0 Å². The Hall–Kier alpha value is -0.220. The van der Waals surface area contributed by atoms with Crippen LogP contribution >= 0.6 is 11.8 Å². The van der Waals surface area contributed by atoms with Gasteiger partial charge in [0.2, 0.25) is 5.91 Å². The second-order valence-electron chi connectivity index (χ2n) is 4.92. The van der Waals surface area contributed by atoms with Crippen molar-refractivity contribution in [2.45, 2.75) is 25.8 Å². The number of nitrogens with zero attached hydrogens (tertiary/aromatic N) is 1. The first kappa shape index (κ1) is 11.3. The van der Waals surface area contributed by atoms with Gasteiger partial charge in [-0.05, 0) is 32.1 Å². The molecule has 0 radical (unpaired) electrons. The Morgan fingerprint density at radius 2 is 2.40 bits per heavy atom. The van der Waals surface area contributed by atoms with Crippen molar-refractivity contribution in [2.75, 3.05) is 31.6 Å². The minimum absolute atomic E-state index is 0.151. The fraction of sp³-hybridized carbons (Fsp3) is 0.909. The zero-order valence-corrected chi connectivity index (χ0v) is 10.4. The van der Waals surface area contributed by atoms with Crippen LogP contribution in [0.3, 0.4) is 0 Å². The number of thioether (sulfide) groups is 1. The first-order valence-corrected chi connectivity index (χ1v) is 6.85. The predicted octanol–water partition coefficient (Wildman–Crippen LogP) is 0.950. The van der Waals surface area contributed by atoms with Gasteiger partial charge in [-0.3, -0.25) is 4.79 Å². The van der Waals surface area contributed by atoms with Crippen molar-refractivity contribution in [3.63, 3.8) is 0 Å². The van der Waals surface area contributed by atoms with E-state index in [0.29, 0.717) is 11.9 Å². The van der Waals surface area contributed by atoms with E-state index in [1.807, 2.05) is 23.7 Å². The molecule has 15 heavy (non-hydrogen) atoms. The molecule has 4 heteroatoms. The molecule has 1 N–H and O–H groups in total. The number of nitrogens with one attached hydrogen (secondary N) is 1. The molecule has 86 valence electrons. The summed E-state index contributed by atoms with van der Waals surface area (Å²) < 4.78 is 0. The third-order valence-electron chi connectivity index (χ3n) is 3.66. The van der Waals surface area contributed by atoms with Gasteiger partial charge in [-0.25, -0.2) is 0 Å². The van der Waals surface area contributed by atoms with Crippen molar-refractivity contribution >= 4 is 17.7 Å². The Morgan fingerprint density at radius 3 is 2.93 bits per heavy atom. The smallest absolute Gasteiger partial charge is 0.229 e. The number of carbonyl (C=O) groups is 1. The third kappa shape index (κ3) is 2.16. The van der Waals surface area contributed by atoms with E-state index in [1.165, 1.54) is 5.75 Å². The highest BCUT2D eigenvalue weighted by Gasteiger charge is 2.40. The lowest BCUT2D eigenvalue weighted by atomic mass is 9.87. The standard InChI is InChI=1S/C11H20N2OS/c1-11(4-5-12-8-11)10(14)13(2)9-3-6-15-7-9/h9,12H,3-8H2,1-2H3. The van der Waals surface area contributed by atoms with Crippen LogP contribution in [0.2, 0.25) is 0 Å². The second kappa shape index (κ2) is 4.34. The fourth-order valence-corrected chi connectivity index (χ4v) is 3.69. The zero-order chi connectivity index (χ0) is 10.9. The molecule has 2 saturated heterocycles. The summed E-state index contributed by atoms with van der Waals surface area (Å²) in [7, 11) is 1.97. The van der Waals surface area contributed by atoms with Gasteiger partial charge in [0.25, 0.3) is 0 Å². The minimum Gasteiger partial charge on any atom is -0.341 e. The average molecular weight is 228 g/mol. The summed E-state index contributed by atoms with van der Waals surface area (Å²) in [5.74, 6) is 2.66. The molecule has 0 aliphatic carbocycles. The molecule has 1 amide bonds. The molecule has 2 rings (SSSR count). The lowest BCUT2D eigenvalue weighted by Crippen LogP contribution is -2.46. The van der Waals surface area contributed by atoms with E-state index >= 15 is 0 Å². The van der Waals surface area contributed by atoms with Crippen molar-refractivity contribution in [3.05, 3.63) is 0 Å². The number of hydrogen-bond donors (Lipinski definition) is 1. The highest BCUT2D eigenvalue weighted by molar-refractivity contribution is 7.99. The maximum atomic E-state index is 12.3. The SMILES string of the molecule is CN(C(=O)C1(C)CCNC1)C1CCSC1. The maximum absolute atomic E-state index is 12.3. The molecule has 0 aromatic rings. The van der Waals surface area contributed by atoms with Crippen LogP contribution in [0.1, 0.15) is 19.8 Å². The molecule has 2 aliphatic rings. The quantitative estimate of drug-likeness (QED) is 0.764. The van der Waals surface area contributed by atoms with E-state index in [4.69, 9.17) is 0 Å². The Kier molecular flexibility index (Phi) is 3.26. The van der Waals surface area contributed by atoms with E-state index in [9.17, 15) is 4.79 Å². The van der Waals surface area contributed by atoms with E-state index < -0.39 is 0 Å². The van der Waals surface area contributed by atoms with Crippen LogP contribution in [-0.2, 0) is 4.79 Å². The largest absolute Gasteiger partial charge is 0.341 e. The topological polar surface area (TPSA) is 32.3 Å². The lowest BCUT2D eigenvalue weighted by molar-refractivity contribution is -0.140. The van der Waals surface area contributed by atoms with Gasteiger partial charge in [0.05, 0.1) is 5.41 Å². The number of amides is 1. The summed E-state index contributed by atoms with van der Waals surface area (Å²) in [5, 5.41) is 3.29. The molecule has 0 bridgehead atoms. The molecular weight excluding hydrogens is 208 g/mol. The van der Waals surface area contributed by atoms with Crippen molar-refractivity contribution in [3.8, 4) is 0 Å². The van der Waals surface area contributed by atoms with E-state index in [1.54, 1.807) is 0 Å². The van der Waals surface area contributed by atoms with Crippen LogP contribution in [0.15, 0.2) is 0 Å². The van der Waals surface area contributed by atoms with Gasteiger partial charge in [0.15, 0.2) is 0 Å². The summed E-state index contributed by atoms with van der Waals surface area (Å²) in [6.07, 6.45) is 2.15. The van der Waals surface area contributed by atoms with Crippen molar-refractivity contribution in [1.82, 2.24) is 10.2 Å². The Morgan fingerprint density at radius 1 is 1.60 bits per heavy atom. The molecular formula is C11H20N2OS. The van der Waals surface area contributed by atoms with Gasteiger partial charge in [0.1, 0.15) is 0 Å². The highest BCUT2D eigenvalue weighted by atomic mass is 32.2. The molecule has 2 unspecified atom stereocenters. The first-order chi connectivity index (χ1) is 7.13. The summed E-state index contributed by atoms with van der Waals surface area (Å²) in [5.41, 5.74) is -0.151. The van der Waals surface area contributed by atoms with Crippen molar-refractivity contribution in [2.24, 2.45) is 5.41 Å². The minimum atomic E-state index is -0.151. The summed E-state index contributed by atoms with van der Waals surface area (Å²) >= 11 is 1.96. The van der Waals surface area contributed by atoms with Crippen LogP contribution in [0.25, 0.3) is 0 Å². The average Bonchev–Trinajstić information content (AvgIpc) is 2.86. The normalized spacial score (nSPS) is 35.7. The maximum Gasteiger partial charge on any atom is 0.229 e. The van der Waals surface area contributed by atoms with Crippen LogP contribution in [0, 0.1) is 5.41 Å². The summed E-state index contributed by atoms with van der Waals surface area (Å²) in [6, 6.07) is 0.472. The third-order valence-corrected chi connectivity index (χ3v) is 4.80. The molecule has 2 atom stereocenters. The van der Waals surface area contributed by atoms with Crippen molar-refractivity contribution < 1.29 is 4.79 Å². The summed E-state index contributed by atoms with van der Waals surface area (Å²) in [6.45, 7) is 3.92. The Labute approximate surface area is 96.0 Å². The van der Waals surface area contributed by atoms with Crippen LogP contribution in [0.4, 0.5) is 0 Å². The van der Waals surface area contributed by atoms with Gasteiger partial charge in [-0.2, -0.15) is 11.8 Å². The van der Waals surface area contributed by atoms with E-state index in [0.717, 1.165) is 31.7 Å². The summed E-state index contributed by atoms with van der Waals surface area (Å²) in [4.78, 5) is 14.3. The van der Waals surface area contributed by atoms with Crippen LogP contribution in [-0.4, -0.2) is 48.5 Å². The number of hydrogen-bond acceptors (Lipinski definition) is 3. The molecule has 0 spiro atoms. The molecule has 3 nitrogen and oxygen atoms in total. The van der Waals surface area contributed by atoms with Gasteiger partial charge in [0, 0.05) is 25.4 Å². The second-order valence-corrected chi connectivity index (χ2v) is 6.07. The highest BCUT2D eigenvalue weighted by Crippen LogP contribution is 2.30. The molecule has 0 saturated carbocycles. The fourth-order valence-electron chi connectivity index (χ4n) is 2.42. The zero-order valence-electron chi connectivity index (χ0n) is 9.58. The number of carbonyl (C=O) groups excluding carboxylic acids is 1. The monoisotopic (exact) mass is 228 g/mol. The van der Waals surface area contributed by atoms with Gasteiger partial charge in [-0.15, -0.1) is 0 Å². The van der Waals surface area contributed by atoms with Gasteiger partial charge >= 0.3 is 0 Å². The van der Waals surface area contributed by atoms with Gasteiger partial charge < -0.3 is 10.2 Å². The molecule has 2 fully saturated rings. The first-order valence-electron chi connectivity index (χ1n) is 5.69. The molecule has 2 aliphatic heterocycles. The van der Waals surface area contributed by atoms with Crippen LogP contribution in [0.5, 0.6) is 0 Å².